The van der Waals surface area contributed by atoms with Gasteiger partial charge >= 0.3 is 0 Å². The minimum absolute atomic E-state index is 0.144. The number of nitrogens with two attached hydrogens (primary N) is 1. The van der Waals surface area contributed by atoms with Gasteiger partial charge in [0.1, 0.15) is 5.82 Å². The first-order chi connectivity index (χ1) is 8.69. The number of ether oxygens (including phenoxy) is 1. The Labute approximate surface area is 106 Å². The molecule has 1 aromatic rings. The molecule has 18 heavy (non-hydrogen) atoms. The highest BCUT2D eigenvalue weighted by Crippen LogP contribution is 2.34. The van der Waals surface area contributed by atoms with Crippen LogP contribution in [0.3, 0.4) is 0 Å². The summed E-state index contributed by atoms with van der Waals surface area (Å²) in [5, 5.41) is 2.87. The number of rotatable bonds is 5. The minimum Gasteiger partial charge on any atom is -0.376 e. The molecule has 98 valence electrons. The standard InChI is InChI=1S/C12H18N4O2/c1-18-12(5-2-6-12)8-15-11(17)9-3-4-10(16-13)14-7-9/h3-4,7H,2,5-6,8,13H2,1H3,(H,14,16)(H,15,17). The van der Waals surface area contributed by atoms with E-state index >= 15 is 0 Å². The molecular formula is C12H18N4O2. The largest absolute Gasteiger partial charge is 0.376 e. The van der Waals surface area contributed by atoms with Crippen molar-refractivity contribution >= 4 is 11.7 Å². The van der Waals surface area contributed by atoms with E-state index in [0.717, 1.165) is 19.3 Å². The van der Waals surface area contributed by atoms with E-state index in [1.807, 2.05) is 0 Å². The van der Waals surface area contributed by atoms with Gasteiger partial charge in [-0.3, -0.25) is 4.79 Å². The zero-order valence-electron chi connectivity index (χ0n) is 10.4. The molecule has 0 aromatic carbocycles. The molecule has 1 heterocycles. The van der Waals surface area contributed by atoms with Crippen LogP contribution in [0.5, 0.6) is 0 Å². The third kappa shape index (κ3) is 2.60. The molecule has 1 aromatic heterocycles. The van der Waals surface area contributed by atoms with Crippen LogP contribution in [0.25, 0.3) is 0 Å². The lowest BCUT2D eigenvalue weighted by Gasteiger charge is -2.40. The summed E-state index contributed by atoms with van der Waals surface area (Å²) in [5.74, 6) is 5.59. The van der Waals surface area contributed by atoms with Crippen LogP contribution < -0.4 is 16.6 Å². The fourth-order valence-corrected chi connectivity index (χ4v) is 1.98. The number of pyridine rings is 1. The SMILES string of the molecule is COC1(CNC(=O)c2ccc(NN)nc2)CCC1. The van der Waals surface area contributed by atoms with Crippen LogP contribution in [0.4, 0.5) is 5.82 Å². The number of hydrazine groups is 1. The summed E-state index contributed by atoms with van der Waals surface area (Å²) in [7, 11) is 1.69. The lowest BCUT2D eigenvalue weighted by Crippen LogP contribution is -2.49. The Morgan fingerprint density at radius 3 is 2.78 bits per heavy atom. The van der Waals surface area contributed by atoms with Crippen LogP contribution in [0.1, 0.15) is 29.6 Å². The van der Waals surface area contributed by atoms with Crippen molar-refractivity contribution in [2.45, 2.75) is 24.9 Å². The van der Waals surface area contributed by atoms with Crippen LogP contribution in [-0.4, -0.2) is 30.1 Å². The Kier molecular flexibility index (Phi) is 3.78. The Morgan fingerprint density at radius 1 is 1.56 bits per heavy atom. The summed E-state index contributed by atoms with van der Waals surface area (Å²) < 4.78 is 5.44. The molecule has 6 heteroatoms. The molecule has 0 atom stereocenters. The molecule has 1 aliphatic rings. The summed E-state index contributed by atoms with van der Waals surface area (Å²) in [4.78, 5) is 15.9. The Hall–Kier alpha value is -1.66. The van der Waals surface area contributed by atoms with E-state index in [4.69, 9.17) is 10.6 Å². The average Bonchev–Trinajstić information content (AvgIpc) is 2.38. The number of hydrogen-bond donors (Lipinski definition) is 3. The van der Waals surface area contributed by atoms with Gasteiger partial charge in [0.05, 0.1) is 11.2 Å². The molecule has 1 fully saturated rings. The Morgan fingerprint density at radius 2 is 2.33 bits per heavy atom. The van der Waals surface area contributed by atoms with Gasteiger partial charge < -0.3 is 15.5 Å². The van der Waals surface area contributed by atoms with E-state index in [1.54, 1.807) is 19.2 Å². The molecule has 1 saturated carbocycles. The van der Waals surface area contributed by atoms with Gasteiger partial charge in [-0.2, -0.15) is 0 Å². The number of nitrogens with one attached hydrogen (secondary N) is 2. The fraction of sp³-hybridized carbons (Fsp3) is 0.500. The molecule has 2 rings (SSSR count). The molecule has 0 aliphatic heterocycles. The topological polar surface area (TPSA) is 89.3 Å². The maximum absolute atomic E-state index is 11.9. The Balaban J connectivity index is 1.90. The highest BCUT2D eigenvalue weighted by atomic mass is 16.5. The van der Waals surface area contributed by atoms with E-state index in [9.17, 15) is 4.79 Å². The normalized spacial score (nSPS) is 16.8. The van der Waals surface area contributed by atoms with Crippen molar-refractivity contribution in [3.63, 3.8) is 0 Å². The van der Waals surface area contributed by atoms with Crippen molar-refractivity contribution in [1.29, 1.82) is 0 Å². The first kappa shape index (κ1) is 12.8. The van der Waals surface area contributed by atoms with Crippen LogP contribution in [-0.2, 0) is 4.74 Å². The highest BCUT2D eigenvalue weighted by Gasteiger charge is 2.37. The van der Waals surface area contributed by atoms with Crippen molar-refractivity contribution < 1.29 is 9.53 Å². The number of carbonyl (C=O) groups is 1. The van der Waals surface area contributed by atoms with Gasteiger partial charge in [0.2, 0.25) is 0 Å². The third-order valence-corrected chi connectivity index (χ3v) is 3.44. The van der Waals surface area contributed by atoms with Crippen LogP contribution in [0.15, 0.2) is 18.3 Å². The predicted molar refractivity (Wildman–Crippen MR) is 68.0 cm³/mol. The van der Waals surface area contributed by atoms with Gasteiger partial charge in [-0.25, -0.2) is 10.8 Å². The molecule has 0 spiro atoms. The maximum Gasteiger partial charge on any atom is 0.252 e. The second kappa shape index (κ2) is 5.32. The third-order valence-electron chi connectivity index (χ3n) is 3.44. The molecule has 1 aliphatic carbocycles. The van der Waals surface area contributed by atoms with Crippen molar-refractivity contribution in [3.8, 4) is 0 Å². The van der Waals surface area contributed by atoms with Crippen LogP contribution >= 0.6 is 0 Å². The van der Waals surface area contributed by atoms with Crippen molar-refractivity contribution in [2.75, 3.05) is 19.1 Å². The first-order valence-electron chi connectivity index (χ1n) is 5.95. The van der Waals surface area contributed by atoms with Gasteiger partial charge in [0.25, 0.3) is 5.91 Å². The molecule has 0 saturated heterocycles. The van der Waals surface area contributed by atoms with E-state index < -0.39 is 0 Å². The van der Waals surface area contributed by atoms with Crippen molar-refractivity contribution in [3.05, 3.63) is 23.9 Å². The summed E-state index contributed by atoms with van der Waals surface area (Å²) in [6.07, 6.45) is 4.64. The zero-order chi connectivity index (χ0) is 13.0. The monoisotopic (exact) mass is 250 g/mol. The number of nitrogen functional groups attached to an aromatic ring is 1. The van der Waals surface area contributed by atoms with Gasteiger partial charge in [-0.1, -0.05) is 0 Å². The van der Waals surface area contributed by atoms with Crippen LogP contribution in [0.2, 0.25) is 0 Å². The number of anilines is 1. The molecule has 4 N–H and O–H groups in total. The lowest BCUT2D eigenvalue weighted by molar-refractivity contribution is -0.0679. The summed E-state index contributed by atoms with van der Waals surface area (Å²) in [6, 6.07) is 3.34. The lowest BCUT2D eigenvalue weighted by atomic mass is 9.80. The molecular weight excluding hydrogens is 232 g/mol. The average molecular weight is 250 g/mol. The minimum atomic E-state index is -0.165. The molecule has 0 radical (unpaired) electrons. The summed E-state index contributed by atoms with van der Waals surface area (Å²) >= 11 is 0. The van der Waals surface area contributed by atoms with E-state index in [0.29, 0.717) is 17.9 Å². The molecule has 0 bridgehead atoms. The number of aromatic nitrogens is 1. The zero-order valence-corrected chi connectivity index (χ0v) is 10.4. The number of carbonyl (C=O) groups excluding carboxylic acids is 1. The fourth-order valence-electron chi connectivity index (χ4n) is 1.98. The predicted octanol–water partition coefficient (Wildman–Crippen LogP) is 0.666. The molecule has 6 nitrogen and oxygen atoms in total. The second-order valence-corrected chi connectivity index (χ2v) is 4.50. The van der Waals surface area contributed by atoms with Crippen LogP contribution in [0, 0.1) is 0 Å². The quantitative estimate of drug-likeness (QED) is 0.528. The van der Waals surface area contributed by atoms with E-state index in [2.05, 4.69) is 15.7 Å². The molecule has 0 unspecified atom stereocenters. The Bertz CT molecular complexity index is 409. The van der Waals surface area contributed by atoms with Gasteiger partial charge in [-0.15, -0.1) is 0 Å². The highest BCUT2D eigenvalue weighted by molar-refractivity contribution is 5.94. The van der Waals surface area contributed by atoms with Crippen molar-refractivity contribution in [1.82, 2.24) is 10.3 Å². The number of hydrogen-bond acceptors (Lipinski definition) is 5. The second-order valence-electron chi connectivity index (χ2n) is 4.50. The van der Waals surface area contributed by atoms with E-state index in [-0.39, 0.29) is 11.5 Å². The van der Waals surface area contributed by atoms with Gasteiger partial charge in [-0.05, 0) is 31.4 Å². The summed E-state index contributed by atoms with van der Waals surface area (Å²) in [6.45, 7) is 0.541. The maximum atomic E-state index is 11.9. The van der Waals surface area contributed by atoms with Crippen molar-refractivity contribution in [2.24, 2.45) is 5.84 Å². The van der Waals surface area contributed by atoms with E-state index in [1.165, 1.54) is 6.20 Å². The number of nitrogens with zero attached hydrogens (tertiary/aromatic N) is 1. The first-order valence-corrected chi connectivity index (χ1v) is 5.95. The number of methoxy groups -OCH3 is 1. The summed E-state index contributed by atoms with van der Waals surface area (Å²) in [5.41, 5.74) is 2.76. The number of amides is 1. The van der Waals surface area contributed by atoms with Gasteiger partial charge in [0, 0.05) is 19.9 Å². The smallest absolute Gasteiger partial charge is 0.252 e. The molecule has 1 amide bonds. The van der Waals surface area contributed by atoms with Gasteiger partial charge in [0.15, 0.2) is 0 Å².